The highest BCUT2D eigenvalue weighted by Gasteiger charge is 2.25. The van der Waals surface area contributed by atoms with E-state index in [1.54, 1.807) is 0 Å². The summed E-state index contributed by atoms with van der Waals surface area (Å²) in [5.74, 6) is 0.553. The number of benzene rings is 1. The molecule has 2 rings (SSSR count). The standard InChI is InChI=1S/C23H40N6O3/c1-5-24-22(27-17-23(2,31)18-29-11-13-32-14-12-29)26-16-19-7-6-8-20(15-19)21(30)25-9-10-28(3)4/h6-8,15,31H,5,9-14,16-18H2,1-4H3,(H,25,30)(H2,24,26,27). The SMILES string of the molecule is CCNC(=NCc1cccc(C(=O)NCCN(C)C)c1)NCC(C)(O)CN1CCOCC1. The Kier molecular flexibility index (Phi) is 10.9. The van der Waals surface area contributed by atoms with Gasteiger partial charge in [-0.3, -0.25) is 9.69 Å². The Hall–Kier alpha value is -2.20. The lowest BCUT2D eigenvalue weighted by Gasteiger charge is -2.34. The van der Waals surface area contributed by atoms with Crippen LogP contribution in [0.4, 0.5) is 0 Å². The number of aliphatic imine (C=N–C) groups is 1. The summed E-state index contributed by atoms with van der Waals surface area (Å²) in [6.07, 6.45) is 0. The van der Waals surface area contributed by atoms with E-state index in [0.717, 1.165) is 25.2 Å². The fourth-order valence-corrected chi connectivity index (χ4v) is 3.39. The first kappa shape index (κ1) is 26.1. The minimum absolute atomic E-state index is 0.0816. The molecule has 1 fully saturated rings. The summed E-state index contributed by atoms with van der Waals surface area (Å²) in [5.41, 5.74) is 0.684. The molecule has 1 atom stereocenters. The van der Waals surface area contributed by atoms with Gasteiger partial charge in [0.1, 0.15) is 0 Å². The van der Waals surface area contributed by atoms with E-state index >= 15 is 0 Å². The van der Waals surface area contributed by atoms with E-state index in [-0.39, 0.29) is 5.91 Å². The lowest BCUT2D eigenvalue weighted by atomic mass is 10.1. The van der Waals surface area contributed by atoms with E-state index in [2.05, 4.69) is 25.8 Å². The van der Waals surface area contributed by atoms with Gasteiger partial charge in [-0.15, -0.1) is 0 Å². The van der Waals surface area contributed by atoms with Crippen molar-refractivity contribution in [1.82, 2.24) is 25.8 Å². The highest BCUT2D eigenvalue weighted by molar-refractivity contribution is 5.94. The van der Waals surface area contributed by atoms with Crippen molar-refractivity contribution in [3.63, 3.8) is 0 Å². The lowest BCUT2D eigenvalue weighted by molar-refractivity contribution is -0.0201. The summed E-state index contributed by atoms with van der Waals surface area (Å²) in [4.78, 5) is 21.2. The molecule has 0 spiro atoms. The molecule has 9 heteroatoms. The highest BCUT2D eigenvalue weighted by Crippen LogP contribution is 2.09. The molecule has 0 saturated carbocycles. The number of carbonyl (C=O) groups excluding carboxylic acids is 1. The van der Waals surface area contributed by atoms with Crippen LogP contribution < -0.4 is 16.0 Å². The molecule has 1 amide bonds. The van der Waals surface area contributed by atoms with Crippen LogP contribution in [0.1, 0.15) is 29.8 Å². The van der Waals surface area contributed by atoms with Crippen LogP contribution in [0.15, 0.2) is 29.3 Å². The molecule has 0 bridgehead atoms. The van der Waals surface area contributed by atoms with Crippen LogP contribution >= 0.6 is 0 Å². The average Bonchev–Trinajstić information content (AvgIpc) is 2.76. The summed E-state index contributed by atoms with van der Waals surface area (Å²) in [5, 5.41) is 20.2. The van der Waals surface area contributed by atoms with E-state index in [1.165, 1.54) is 0 Å². The molecule has 0 radical (unpaired) electrons. The molecule has 1 aliphatic rings. The maximum Gasteiger partial charge on any atom is 0.251 e. The summed E-state index contributed by atoms with van der Waals surface area (Å²) in [7, 11) is 3.95. The number of hydrogen-bond acceptors (Lipinski definition) is 6. The molecule has 0 aromatic heterocycles. The fraction of sp³-hybridized carbons (Fsp3) is 0.652. The van der Waals surface area contributed by atoms with Crippen LogP contribution in [0.5, 0.6) is 0 Å². The van der Waals surface area contributed by atoms with E-state index in [0.29, 0.717) is 57.5 Å². The van der Waals surface area contributed by atoms with Crippen LogP contribution in [0.25, 0.3) is 0 Å². The Labute approximate surface area is 192 Å². The quantitative estimate of drug-likeness (QED) is 0.282. The van der Waals surface area contributed by atoms with Crippen LogP contribution in [-0.2, 0) is 11.3 Å². The number of hydrogen-bond donors (Lipinski definition) is 4. The number of morpholine rings is 1. The Balaban J connectivity index is 1.90. The number of carbonyl (C=O) groups is 1. The number of nitrogens with zero attached hydrogens (tertiary/aromatic N) is 3. The molecule has 1 aliphatic heterocycles. The van der Waals surface area contributed by atoms with E-state index in [4.69, 9.17) is 4.74 Å². The van der Waals surface area contributed by atoms with E-state index in [1.807, 2.05) is 57.1 Å². The van der Waals surface area contributed by atoms with Gasteiger partial charge in [-0.1, -0.05) is 12.1 Å². The summed E-state index contributed by atoms with van der Waals surface area (Å²) in [6.45, 7) is 10.4. The third-order valence-electron chi connectivity index (χ3n) is 5.10. The van der Waals surface area contributed by atoms with Crippen molar-refractivity contribution in [2.45, 2.75) is 26.0 Å². The van der Waals surface area contributed by atoms with Crippen molar-refractivity contribution in [2.75, 3.05) is 73.1 Å². The van der Waals surface area contributed by atoms with Crippen LogP contribution in [-0.4, -0.2) is 105 Å². The smallest absolute Gasteiger partial charge is 0.251 e. The molecule has 1 aromatic rings. The van der Waals surface area contributed by atoms with Crippen molar-refractivity contribution >= 4 is 11.9 Å². The fourth-order valence-electron chi connectivity index (χ4n) is 3.39. The maximum atomic E-state index is 12.4. The third-order valence-corrected chi connectivity index (χ3v) is 5.10. The Bertz CT molecular complexity index is 732. The summed E-state index contributed by atoms with van der Waals surface area (Å²) in [6, 6.07) is 7.51. The predicted octanol–water partition coefficient (Wildman–Crippen LogP) is 0.116. The first-order chi connectivity index (χ1) is 15.3. The second-order valence-corrected chi connectivity index (χ2v) is 8.69. The van der Waals surface area contributed by atoms with Crippen molar-refractivity contribution < 1.29 is 14.6 Å². The maximum absolute atomic E-state index is 12.4. The number of nitrogens with one attached hydrogen (secondary N) is 3. The predicted molar refractivity (Wildman–Crippen MR) is 128 cm³/mol. The molecule has 1 aromatic carbocycles. The zero-order valence-electron chi connectivity index (χ0n) is 20.0. The number of likely N-dealkylation sites (N-methyl/N-ethyl adjacent to an activating group) is 1. The van der Waals surface area contributed by atoms with Crippen molar-refractivity contribution in [1.29, 1.82) is 0 Å². The largest absolute Gasteiger partial charge is 0.387 e. The molecule has 32 heavy (non-hydrogen) atoms. The number of β-amino-alcohol motifs (C(OH)–C–C–N with tert-alkyl or cyclic N) is 1. The van der Waals surface area contributed by atoms with Gasteiger partial charge in [0.05, 0.1) is 25.4 Å². The topological polar surface area (TPSA) is 101 Å². The Morgan fingerprint density at radius 1 is 1.25 bits per heavy atom. The van der Waals surface area contributed by atoms with Gasteiger partial charge < -0.3 is 30.7 Å². The molecule has 180 valence electrons. The molecule has 9 nitrogen and oxygen atoms in total. The number of guanidine groups is 1. The summed E-state index contributed by atoms with van der Waals surface area (Å²) >= 11 is 0. The zero-order valence-corrected chi connectivity index (χ0v) is 20.0. The van der Waals surface area contributed by atoms with Crippen molar-refractivity contribution in [3.05, 3.63) is 35.4 Å². The van der Waals surface area contributed by atoms with Crippen molar-refractivity contribution in [2.24, 2.45) is 4.99 Å². The van der Waals surface area contributed by atoms with Gasteiger partial charge in [-0.2, -0.15) is 0 Å². The van der Waals surface area contributed by atoms with Gasteiger partial charge in [0.25, 0.3) is 5.91 Å². The Morgan fingerprint density at radius 2 is 2.00 bits per heavy atom. The first-order valence-electron chi connectivity index (χ1n) is 11.4. The molecule has 4 N–H and O–H groups in total. The van der Waals surface area contributed by atoms with Crippen LogP contribution in [0, 0.1) is 0 Å². The second-order valence-electron chi connectivity index (χ2n) is 8.69. The van der Waals surface area contributed by atoms with Gasteiger partial charge in [0, 0.05) is 51.4 Å². The summed E-state index contributed by atoms with van der Waals surface area (Å²) < 4.78 is 5.38. The van der Waals surface area contributed by atoms with Gasteiger partial charge in [-0.05, 0) is 45.6 Å². The normalized spacial score (nSPS) is 17.1. The van der Waals surface area contributed by atoms with Crippen LogP contribution in [0.2, 0.25) is 0 Å². The van der Waals surface area contributed by atoms with Gasteiger partial charge in [0.2, 0.25) is 0 Å². The highest BCUT2D eigenvalue weighted by atomic mass is 16.5. The average molecular weight is 449 g/mol. The number of ether oxygens (including phenoxy) is 1. The van der Waals surface area contributed by atoms with E-state index in [9.17, 15) is 9.90 Å². The zero-order chi connectivity index (χ0) is 23.4. The monoisotopic (exact) mass is 448 g/mol. The first-order valence-corrected chi connectivity index (χ1v) is 11.4. The van der Waals surface area contributed by atoms with Gasteiger partial charge in [-0.25, -0.2) is 4.99 Å². The molecule has 1 saturated heterocycles. The molecule has 1 heterocycles. The lowest BCUT2D eigenvalue weighted by Crippen LogP contribution is -2.52. The molecular formula is C23H40N6O3. The number of rotatable bonds is 11. The van der Waals surface area contributed by atoms with Gasteiger partial charge in [0.15, 0.2) is 5.96 Å². The number of amides is 1. The second kappa shape index (κ2) is 13.4. The van der Waals surface area contributed by atoms with Gasteiger partial charge >= 0.3 is 0 Å². The number of aliphatic hydroxyl groups is 1. The van der Waals surface area contributed by atoms with Crippen LogP contribution in [0.3, 0.4) is 0 Å². The minimum Gasteiger partial charge on any atom is -0.387 e. The Morgan fingerprint density at radius 3 is 2.69 bits per heavy atom. The van der Waals surface area contributed by atoms with E-state index < -0.39 is 5.60 Å². The molecule has 0 aliphatic carbocycles. The molecule has 1 unspecified atom stereocenters. The third kappa shape index (κ3) is 9.95. The minimum atomic E-state index is -0.891. The van der Waals surface area contributed by atoms with Crippen molar-refractivity contribution in [3.8, 4) is 0 Å². The molecular weight excluding hydrogens is 408 g/mol.